The van der Waals surface area contributed by atoms with Crippen LogP contribution in [-0.4, -0.2) is 20.1 Å². The van der Waals surface area contributed by atoms with E-state index in [2.05, 4.69) is 11.4 Å². The van der Waals surface area contributed by atoms with Crippen LogP contribution in [0.1, 0.15) is 47.3 Å². The van der Waals surface area contributed by atoms with Crippen LogP contribution in [0.5, 0.6) is 11.5 Å². The van der Waals surface area contributed by atoms with Crippen molar-refractivity contribution in [2.75, 3.05) is 19.5 Å². The Labute approximate surface area is 169 Å². The smallest absolute Gasteiger partial charge is 0.249 e. The Morgan fingerprint density at radius 3 is 2.61 bits per heavy atom. The minimum atomic E-state index is -0.250. The molecular weight excluding hydrogens is 372 g/mol. The first kappa shape index (κ1) is 20.0. The van der Waals surface area contributed by atoms with Gasteiger partial charge in [0, 0.05) is 11.0 Å². The van der Waals surface area contributed by atoms with E-state index in [1.165, 1.54) is 23.8 Å². The lowest BCUT2D eigenvalue weighted by atomic mass is 9.97. The number of aryl methyl sites for hydroxylation is 1. The molecule has 1 aromatic heterocycles. The van der Waals surface area contributed by atoms with Gasteiger partial charge in [-0.25, -0.2) is 0 Å². The number of ether oxygens (including phenoxy) is 2. The number of nitrogens with one attached hydrogen (secondary N) is 1. The minimum Gasteiger partial charge on any atom is -0.493 e. The van der Waals surface area contributed by atoms with Crippen molar-refractivity contribution in [2.45, 2.75) is 38.5 Å². The van der Waals surface area contributed by atoms with Crippen molar-refractivity contribution in [1.29, 1.82) is 5.26 Å². The molecule has 28 heavy (non-hydrogen) atoms. The Bertz CT molecular complexity index is 925. The van der Waals surface area contributed by atoms with E-state index in [1.54, 1.807) is 43.8 Å². The molecule has 3 rings (SSSR count). The first-order valence-electron chi connectivity index (χ1n) is 9.42. The van der Waals surface area contributed by atoms with Gasteiger partial charge in [-0.1, -0.05) is 18.9 Å². The van der Waals surface area contributed by atoms with Gasteiger partial charge in [-0.3, -0.25) is 4.79 Å². The number of carbonyl (C=O) groups is 1. The summed E-state index contributed by atoms with van der Waals surface area (Å²) in [5, 5.41) is 13.2. The number of hydrogen-bond donors (Lipinski definition) is 1. The second-order valence-corrected chi connectivity index (χ2v) is 7.78. The molecule has 1 heterocycles. The number of anilines is 1. The highest BCUT2D eigenvalue weighted by atomic mass is 32.1. The molecule has 0 fully saturated rings. The first-order valence-corrected chi connectivity index (χ1v) is 10.2. The highest BCUT2D eigenvalue weighted by molar-refractivity contribution is 7.16. The average molecular weight is 397 g/mol. The third-order valence-corrected chi connectivity index (χ3v) is 6.06. The summed E-state index contributed by atoms with van der Waals surface area (Å²) >= 11 is 1.55. The molecule has 0 unspecified atom stereocenters. The number of thiophene rings is 1. The molecule has 0 spiro atoms. The molecule has 146 valence electrons. The zero-order valence-corrected chi connectivity index (χ0v) is 17.0. The van der Waals surface area contributed by atoms with Gasteiger partial charge in [0.05, 0.1) is 19.8 Å². The van der Waals surface area contributed by atoms with E-state index in [-0.39, 0.29) is 5.91 Å². The van der Waals surface area contributed by atoms with Crippen molar-refractivity contribution >= 4 is 28.3 Å². The lowest BCUT2D eigenvalue weighted by molar-refractivity contribution is -0.111. The van der Waals surface area contributed by atoms with Gasteiger partial charge in [0.25, 0.3) is 0 Å². The Balaban J connectivity index is 1.75. The summed E-state index contributed by atoms with van der Waals surface area (Å²) in [4.78, 5) is 13.7. The predicted molar refractivity (Wildman–Crippen MR) is 112 cm³/mol. The minimum absolute atomic E-state index is 0.250. The van der Waals surface area contributed by atoms with Crippen LogP contribution in [0, 0.1) is 11.3 Å². The van der Waals surface area contributed by atoms with Gasteiger partial charge in [-0.15, -0.1) is 11.3 Å². The van der Waals surface area contributed by atoms with Gasteiger partial charge in [0.2, 0.25) is 5.91 Å². The number of methoxy groups -OCH3 is 2. The summed E-state index contributed by atoms with van der Waals surface area (Å²) in [5.41, 5.74) is 2.59. The fourth-order valence-corrected chi connectivity index (χ4v) is 4.65. The second-order valence-electron chi connectivity index (χ2n) is 6.67. The Morgan fingerprint density at radius 1 is 1.14 bits per heavy atom. The van der Waals surface area contributed by atoms with Gasteiger partial charge >= 0.3 is 0 Å². The van der Waals surface area contributed by atoms with Gasteiger partial charge in [-0.05, 0) is 55.0 Å². The molecule has 1 amide bonds. The highest BCUT2D eigenvalue weighted by Crippen LogP contribution is 2.36. The fourth-order valence-electron chi connectivity index (χ4n) is 3.41. The summed E-state index contributed by atoms with van der Waals surface area (Å²) in [6, 6.07) is 7.75. The third kappa shape index (κ3) is 4.55. The molecule has 1 N–H and O–H groups in total. The first-order chi connectivity index (χ1) is 13.7. The third-order valence-electron chi connectivity index (χ3n) is 4.85. The number of rotatable bonds is 5. The molecule has 0 bridgehead atoms. The van der Waals surface area contributed by atoms with E-state index >= 15 is 0 Å². The predicted octanol–water partition coefficient (Wildman–Crippen LogP) is 4.95. The summed E-state index contributed by atoms with van der Waals surface area (Å²) in [6.07, 6.45) is 9.78. The van der Waals surface area contributed by atoms with E-state index in [4.69, 9.17) is 9.47 Å². The van der Waals surface area contributed by atoms with Crippen LogP contribution in [0.4, 0.5) is 5.00 Å². The van der Waals surface area contributed by atoms with E-state index in [0.29, 0.717) is 22.1 Å². The second kappa shape index (κ2) is 9.43. The molecule has 5 nitrogen and oxygen atoms in total. The van der Waals surface area contributed by atoms with Crippen LogP contribution in [0.2, 0.25) is 0 Å². The Hall–Kier alpha value is -2.78. The standard InChI is InChI=1S/C22H24N2O3S/c1-26-18-11-9-15(13-19(18)27-2)10-12-21(25)24-22-17(14-23)16-7-5-3-4-6-8-20(16)28-22/h9-13H,3-8H2,1-2H3,(H,24,25)/b12-10+. The molecule has 1 aliphatic carbocycles. The number of amides is 1. The summed E-state index contributed by atoms with van der Waals surface area (Å²) in [7, 11) is 3.16. The van der Waals surface area contributed by atoms with E-state index in [0.717, 1.165) is 36.8 Å². The monoisotopic (exact) mass is 396 g/mol. The van der Waals surface area contributed by atoms with E-state index in [1.807, 2.05) is 6.07 Å². The van der Waals surface area contributed by atoms with Crippen LogP contribution < -0.4 is 14.8 Å². The maximum atomic E-state index is 12.4. The fraction of sp³-hybridized carbons (Fsp3) is 0.364. The lowest BCUT2D eigenvalue weighted by Gasteiger charge is -2.08. The average Bonchev–Trinajstić information content (AvgIpc) is 3.01. The van der Waals surface area contributed by atoms with Gasteiger partial charge in [-0.2, -0.15) is 5.26 Å². The van der Waals surface area contributed by atoms with Crippen molar-refractivity contribution in [2.24, 2.45) is 0 Å². The lowest BCUT2D eigenvalue weighted by Crippen LogP contribution is -2.07. The molecule has 1 aromatic carbocycles. The van der Waals surface area contributed by atoms with Crippen LogP contribution in [0.15, 0.2) is 24.3 Å². The molecule has 0 aliphatic heterocycles. The van der Waals surface area contributed by atoms with Gasteiger partial charge in [0.15, 0.2) is 11.5 Å². The quantitative estimate of drug-likeness (QED) is 0.726. The van der Waals surface area contributed by atoms with Crippen molar-refractivity contribution in [1.82, 2.24) is 0 Å². The van der Waals surface area contributed by atoms with Crippen LogP contribution in [0.3, 0.4) is 0 Å². The Kier molecular flexibility index (Phi) is 6.72. The topological polar surface area (TPSA) is 71.3 Å². The van der Waals surface area contributed by atoms with Crippen molar-refractivity contribution in [3.05, 3.63) is 45.8 Å². The van der Waals surface area contributed by atoms with Crippen molar-refractivity contribution in [3.63, 3.8) is 0 Å². The SMILES string of the molecule is COc1ccc(/C=C/C(=O)Nc2sc3c(c2C#N)CCCCCC3)cc1OC. The van der Waals surface area contributed by atoms with Gasteiger partial charge in [0.1, 0.15) is 11.1 Å². The molecule has 0 saturated carbocycles. The van der Waals surface area contributed by atoms with Crippen LogP contribution in [0.25, 0.3) is 6.08 Å². The molecule has 0 saturated heterocycles. The highest BCUT2D eigenvalue weighted by Gasteiger charge is 2.19. The molecule has 2 aromatic rings. The largest absolute Gasteiger partial charge is 0.493 e. The maximum Gasteiger partial charge on any atom is 0.249 e. The molecule has 6 heteroatoms. The van der Waals surface area contributed by atoms with Crippen LogP contribution in [-0.2, 0) is 17.6 Å². The zero-order chi connectivity index (χ0) is 19.9. The summed E-state index contributed by atoms with van der Waals surface area (Å²) < 4.78 is 10.5. The van der Waals surface area contributed by atoms with Crippen molar-refractivity contribution < 1.29 is 14.3 Å². The molecule has 0 atom stereocenters. The number of hydrogen-bond acceptors (Lipinski definition) is 5. The van der Waals surface area contributed by atoms with Gasteiger partial charge < -0.3 is 14.8 Å². The maximum absolute atomic E-state index is 12.4. The number of fused-ring (bicyclic) bond motifs is 1. The van der Waals surface area contributed by atoms with Crippen molar-refractivity contribution in [3.8, 4) is 17.6 Å². The van der Waals surface area contributed by atoms with E-state index in [9.17, 15) is 10.1 Å². The number of nitriles is 1. The van der Waals surface area contributed by atoms with E-state index < -0.39 is 0 Å². The number of benzene rings is 1. The molecule has 0 radical (unpaired) electrons. The molecule has 1 aliphatic rings. The summed E-state index contributed by atoms with van der Waals surface area (Å²) in [5.74, 6) is 0.995. The number of carbonyl (C=O) groups excluding carboxylic acids is 1. The zero-order valence-electron chi connectivity index (χ0n) is 16.2. The van der Waals surface area contributed by atoms with Crippen LogP contribution >= 0.6 is 11.3 Å². The molecular formula is C22H24N2O3S. The summed E-state index contributed by atoms with van der Waals surface area (Å²) in [6.45, 7) is 0. The number of nitrogens with zero attached hydrogens (tertiary/aromatic N) is 1. The Morgan fingerprint density at radius 2 is 1.89 bits per heavy atom. The normalized spacial score (nSPS) is 13.9.